The van der Waals surface area contributed by atoms with E-state index in [9.17, 15) is 24.4 Å². The summed E-state index contributed by atoms with van der Waals surface area (Å²) < 4.78 is 4.74. The highest BCUT2D eigenvalue weighted by molar-refractivity contribution is 6.43. The van der Waals surface area contributed by atoms with Crippen molar-refractivity contribution in [1.29, 1.82) is 0 Å². The molecule has 9 nitrogen and oxygen atoms in total. The fraction of sp³-hybridized carbons (Fsp3) is 0.571. The van der Waals surface area contributed by atoms with Crippen molar-refractivity contribution in [3.63, 3.8) is 0 Å². The summed E-state index contributed by atoms with van der Waals surface area (Å²) in [5, 5.41) is 24.5. The molecule has 0 aliphatic carbocycles. The number of carbonyl (C=O) groups is 3. The Morgan fingerprint density at radius 3 is 2.42 bits per heavy atom. The number of benzene rings is 1. The van der Waals surface area contributed by atoms with E-state index in [0.717, 1.165) is 0 Å². The molecule has 1 aliphatic rings. The van der Waals surface area contributed by atoms with Gasteiger partial charge in [-0.3, -0.25) is 9.59 Å². The van der Waals surface area contributed by atoms with Gasteiger partial charge in [0.1, 0.15) is 11.6 Å². The molecule has 0 bridgehead atoms. The topological polar surface area (TPSA) is 128 Å². The highest BCUT2D eigenvalue weighted by Gasteiger charge is 2.50. The van der Waals surface area contributed by atoms with Gasteiger partial charge >= 0.3 is 13.2 Å². The Morgan fingerprint density at radius 1 is 1.26 bits per heavy atom. The molecule has 0 spiro atoms. The van der Waals surface area contributed by atoms with E-state index in [0.29, 0.717) is 31.4 Å². The van der Waals surface area contributed by atoms with Crippen LogP contribution in [0.3, 0.4) is 0 Å². The molecule has 1 fully saturated rings. The van der Waals surface area contributed by atoms with Crippen LogP contribution >= 0.6 is 0 Å². The highest BCUT2D eigenvalue weighted by Crippen LogP contribution is 2.35. The lowest BCUT2D eigenvalue weighted by molar-refractivity contribution is -0.151. The van der Waals surface area contributed by atoms with E-state index in [-0.39, 0.29) is 11.8 Å². The molecule has 31 heavy (non-hydrogen) atoms. The van der Waals surface area contributed by atoms with Crippen molar-refractivity contribution in [1.82, 2.24) is 15.5 Å². The zero-order valence-corrected chi connectivity index (χ0v) is 18.5. The number of hydrogen-bond donors (Lipinski definition) is 4. The van der Waals surface area contributed by atoms with Crippen LogP contribution in [0.25, 0.3) is 0 Å². The van der Waals surface area contributed by atoms with Crippen LogP contribution in [0.4, 0.5) is 4.79 Å². The quantitative estimate of drug-likeness (QED) is 0.453. The third-order valence-electron chi connectivity index (χ3n) is 5.91. The average Bonchev–Trinajstić information content (AvgIpc) is 2.75. The SMILES string of the molecule is CCC(NC(=O)[C@H](c1ccccc1)N1CCCC(NC(=O)OC)(C(C)C)C1=O)B(O)O. The van der Waals surface area contributed by atoms with Gasteiger partial charge in [0, 0.05) is 6.54 Å². The molecule has 4 N–H and O–H groups in total. The molecule has 3 amide bonds. The Balaban J connectivity index is 2.46. The lowest BCUT2D eigenvalue weighted by atomic mass is 9.76. The third kappa shape index (κ3) is 5.37. The van der Waals surface area contributed by atoms with E-state index in [2.05, 4.69) is 10.6 Å². The van der Waals surface area contributed by atoms with Crippen LogP contribution in [-0.2, 0) is 14.3 Å². The normalized spacial score (nSPS) is 20.7. The molecule has 1 heterocycles. The fourth-order valence-electron chi connectivity index (χ4n) is 4.03. The van der Waals surface area contributed by atoms with Crippen LogP contribution in [-0.4, -0.2) is 65.1 Å². The van der Waals surface area contributed by atoms with Crippen LogP contribution in [0.2, 0.25) is 0 Å². The number of nitrogens with zero attached hydrogens (tertiary/aromatic N) is 1. The third-order valence-corrected chi connectivity index (χ3v) is 5.91. The van der Waals surface area contributed by atoms with Gasteiger partial charge < -0.3 is 30.3 Å². The first-order chi connectivity index (χ1) is 14.7. The molecule has 1 aromatic carbocycles. The van der Waals surface area contributed by atoms with Crippen LogP contribution in [0.5, 0.6) is 0 Å². The number of rotatable bonds is 8. The van der Waals surface area contributed by atoms with Crippen molar-refractivity contribution in [2.75, 3.05) is 13.7 Å². The van der Waals surface area contributed by atoms with E-state index in [1.165, 1.54) is 12.0 Å². The number of ether oxygens (including phenoxy) is 1. The molecule has 2 unspecified atom stereocenters. The second kappa shape index (κ2) is 10.6. The minimum absolute atomic E-state index is 0.246. The predicted octanol–water partition coefficient (Wildman–Crippen LogP) is 1.01. The lowest BCUT2D eigenvalue weighted by Crippen LogP contribution is -2.66. The summed E-state index contributed by atoms with van der Waals surface area (Å²) in [5.41, 5.74) is -0.618. The summed E-state index contributed by atoms with van der Waals surface area (Å²) in [6.45, 7) is 5.72. The van der Waals surface area contributed by atoms with Crippen LogP contribution in [0.15, 0.2) is 30.3 Å². The van der Waals surface area contributed by atoms with Crippen LogP contribution < -0.4 is 10.6 Å². The number of carbonyl (C=O) groups excluding carboxylic acids is 3. The Morgan fingerprint density at radius 2 is 1.90 bits per heavy atom. The van der Waals surface area contributed by atoms with E-state index >= 15 is 0 Å². The first kappa shape index (κ1) is 24.7. The van der Waals surface area contributed by atoms with E-state index < -0.39 is 36.6 Å². The maximum absolute atomic E-state index is 13.7. The average molecular weight is 433 g/mol. The highest BCUT2D eigenvalue weighted by atomic mass is 16.5. The predicted molar refractivity (Wildman–Crippen MR) is 116 cm³/mol. The van der Waals surface area contributed by atoms with Crippen molar-refractivity contribution in [2.24, 2.45) is 5.92 Å². The zero-order chi connectivity index (χ0) is 23.2. The van der Waals surface area contributed by atoms with Gasteiger partial charge in [-0.2, -0.15) is 0 Å². The largest absolute Gasteiger partial charge is 0.475 e. The van der Waals surface area contributed by atoms with E-state index in [1.807, 2.05) is 13.8 Å². The number of piperidine rings is 1. The molecule has 170 valence electrons. The molecule has 0 aromatic heterocycles. The van der Waals surface area contributed by atoms with Crippen molar-refractivity contribution in [2.45, 2.75) is 57.6 Å². The minimum atomic E-state index is -1.72. The number of alkyl carbamates (subject to hydrolysis) is 1. The Labute approximate surface area is 183 Å². The van der Waals surface area contributed by atoms with Crippen LogP contribution in [0, 0.1) is 5.92 Å². The number of likely N-dealkylation sites (tertiary alicyclic amines) is 1. The number of methoxy groups -OCH3 is 1. The van der Waals surface area contributed by atoms with Crippen molar-refractivity contribution in [3.8, 4) is 0 Å². The Bertz CT molecular complexity index is 776. The molecule has 1 saturated heterocycles. The number of amides is 3. The van der Waals surface area contributed by atoms with Gasteiger partial charge in [0.25, 0.3) is 0 Å². The lowest BCUT2D eigenvalue weighted by Gasteiger charge is -2.46. The van der Waals surface area contributed by atoms with Gasteiger partial charge in [-0.1, -0.05) is 51.1 Å². The Kier molecular flexibility index (Phi) is 8.47. The first-order valence-corrected chi connectivity index (χ1v) is 10.6. The van der Waals surface area contributed by atoms with Crippen LogP contribution in [0.1, 0.15) is 51.6 Å². The van der Waals surface area contributed by atoms with Gasteiger partial charge in [0.05, 0.1) is 13.1 Å². The molecule has 0 saturated carbocycles. The zero-order valence-electron chi connectivity index (χ0n) is 18.5. The van der Waals surface area contributed by atoms with Gasteiger partial charge in [-0.15, -0.1) is 0 Å². The number of nitrogens with one attached hydrogen (secondary N) is 2. The van der Waals surface area contributed by atoms with Crippen molar-refractivity contribution >= 4 is 25.0 Å². The van der Waals surface area contributed by atoms with E-state index in [1.54, 1.807) is 37.3 Å². The molecular weight excluding hydrogens is 401 g/mol. The molecular formula is C21H32BN3O6. The number of hydrogen-bond acceptors (Lipinski definition) is 6. The second-order valence-corrected chi connectivity index (χ2v) is 8.09. The fourth-order valence-corrected chi connectivity index (χ4v) is 4.03. The summed E-state index contributed by atoms with van der Waals surface area (Å²) in [7, 11) is -0.488. The molecule has 3 atom stereocenters. The van der Waals surface area contributed by atoms with Gasteiger partial charge in [0.15, 0.2) is 0 Å². The maximum atomic E-state index is 13.7. The molecule has 1 aliphatic heterocycles. The maximum Gasteiger partial charge on any atom is 0.475 e. The summed E-state index contributed by atoms with van der Waals surface area (Å²) in [6.07, 6.45) is 0.591. The summed E-state index contributed by atoms with van der Waals surface area (Å²) >= 11 is 0. The van der Waals surface area contributed by atoms with Gasteiger partial charge in [-0.25, -0.2) is 4.79 Å². The second-order valence-electron chi connectivity index (χ2n) is 8.09. The van der Waals surface area contributed by atoms with Crippen molar-refractivity contribution < 1.29 is 29.2 Å². The Hall–Kier alpha value is -2.59. The van der Waals surface area contributed by atoms with E-state index in [4.69, 9.17) is 4.74 Å². The van der Waals surface area contributed by atoms with Gasteiger partial charge in [-0.05, 0) is 30.7 Å². The summed E-state index contributed by atoms with van der Waals surface area (Å²) in [4.78, 5) is 40.5. The first-order valence-electron chi connectivity index (χ1n) is 10.6. The molecule has 10 heteroatoms. The minimum Gasteiger partial charge on any atom is -0.453 e. The molecule has 2 rings (SSSR count). The molecule has 0 radical (unpaired) electrons. The van der Waals surface area contributed by atoms with Gasteiger partial charge in [0.2, 0.25) is 11.8 Å². The standard InChI is InChI=1S/C21H32BN3O6/c1-5-16(22(29)30)23-18(26)17(15-10-7-6-8-11-15)25-13-9-12-21(14(2)3,19(25)27)24-20(28)31-4/h6-8,10-11,14,16-17,29-30H,5,9,12-13H2,1-4H3,(H,23,26)(H,24,28)/t16?,17-,21?/m0/s1. The summed E-state index contributed by atoms with van der Waals surface area (Å²) in [6, 6.07) is 7.84. The smallest absolute Gasteiger partial charge is 0.453 e. The summed E-state index contributed by atoms with van der Waals surface area (Å²) in [5.74, 6) is -2.01. The van der Waals surface area contributed by atoms with Crippen molar-refractivity contribution in [3.05, 3.63) is 35.9 Å². The monoisotopic (exact) mass is 433 g/mol. The molecule has 1 aromatic rings.